The number of nitrogens with one attached hydrogen (secondary N) is 1. The molecule has 5 heteroatoms. The molecule has 0 heterocycles. The molecular formula is C14H12BrCl2NO. The second-order valence-corrected chi connectivity index (χ2v) is 5.61. The summed E-state index contributed by atoms with van der Waals surface area (Å²) in [5.41, 5.74) is 1.06. The van der Waals surface area contributed by atoms with E-state index in [1.807, 2.05) is 31.3 Å². The van der Waals surface area contributed by atoms with Gasteiger partial charge < -0.3 is 10.1 Å². The molecule has 0 bridgehead atoms. The van der Waals surface area contributed by atoms with Crippen LogP contribution in [0.5, 0.6) is 11.5 Å². The van der Waals surface area contributed by atoms with E-state index in [0.717, 1.165) is 22.3 Å². The number of ether oxygens (including phenoxy) is 1. The first kappa shape index (κ1) is 14.7. The van der Waals surface area contributed by atoms with E-state index in [1.165, 1.54) is 0 Å². The van der Waals surface area contributed by atoms with Gasteiger partial charge in [-0.25, -0.2) is 0 Å². The summed E-state index contributed by atoms with van der Waals surface area (Å²) in [7, 11) is 1.89. The summed E-state index contributed by atoms with van der Waals surface area (Å²) >= 11 is 15.5. The van der Waals surface area contributed by atoms with Gasteiger partial charge in [-0.1, -0.05) is 41.4 Å². The predicted octanol–water partition coefficient (Wildman–Crippen LogP) is 5.27. The van der Waals surface area contributed by atoms with Crippen LogP contribution >= 0.6 is 39.1 Å². The molecule has 0 saturated heterocycles. The fourth-order valence-electron chi connectivity index (χ4n) is 1.64. The SMILES string of the molecule is CNCc1ccccc1Oc1cc(Cl)c(Br)cc1Cl. The normalized spacial score (nSPS) is 10.5. The van der Waals surface area contributed by atoms with Gasteiger partial charge >= 0.3 is 0 Å². The van der Waals surface area contributed by atoms with E-state index in [-0.39, 0.29) is 0 Å². The van der Waals surface area contributed by atoms with E-state index < -0.39 is 0 Å². The van der Waals surface area contributed by atoms with E-state index >= 15 is 0 Å². The first-order valence-electron chi connectivity index (χ1n) is 5.66. The number of para-hydroxylation sites is 1. The lowest BCUT2D eigenvalue weighted by Crippen LogP contribution is -2.06. The van der Waals surface area contributed by atoms with Crippen LogP contribution in [0, 0.1) is 0 Å². The van der Waals surface area contributed by atoms with Crippen LogP contribution in [0.15, 0.2) is 40.9 Å². The number of hydrogen-bond donors (Lipinski definition) is 1. The number of hydrogen-bond acceptors (Lipinski definition) is 2. The highest BCUT2D eigenvalue weighted by molar-refractivity contribution is 9.10. The van der Waals surface area contributed by atoms with Crippen molar-refractivity contribution in [1.82, 2.24) is 5.32 Å². The zero-order valence-electron chi connectivity index (χ0n) is 10.2. The van der Waals surface area contributed by atoms with Crippen LogP contribution < -0.4 is 10.1 Å². The van der Waals surface area contributed by atoms with Crippen molar-refractivity contribution >= 4 is 39.1 Å². The van der Waals surface area contributed by atoms with Gasteiger partial charge in [-0.2, -0.15) is 0 Å². The standard InChI is InChI=1S/C14H12BrCl2NO/c1-18-8-9-4-2-3-5-13(9)19-14-7-11(16)10(15)6-12(14)17/h2-7,18H,8H2,1H3. The summed E-state index contributed by atoms with van der Waals surface area (Å²) in [4.78, 5) is 0. The molecule has 19 heavy (non-hydrogen) atoms. The Hall–Kier alpha value is -0.740. The molecule has 0 unspecified atom stereocenters. The Bertz CT molecular complexity index is 590. The molecule has 100 valence electrons. The zero-order valence-corrected chi connectivity index (χ0v) is 13.3. The predicted molar refractivity (Wildman–Crippen MR) is 83.4 cm³/mol. The molecule has 2 rings (SSSR count). The third-order valence-electron chi connectivity index (χ3n) is 2.53. The quantitative estimate of drug-likeness (QED) is 0.750. The van der Waals surface area contributed by atoms with Crippen LogP contribution in [0.4, 0.5) is 0 Å². The maximum Gasteiger partial charge on any atom is 0.147 e. The Morgan fingerprint density at radius 3 is 2.58 bits per heavy atom. The maximum absolute atomic E-state index is 6.15. The first-order valence-corrected chi connectivity index (χ1v) is 7.21. The van der Waals surface area contributed by atoms with Crippen LogP contribution in [0.3, 0.4) is 0 Å². The minimum Gasteiger partial charge on any atom is -0.455 e. The average Bonchev–Trinajstić information content (AvgIpc) is 2.38. The first-order chi connectivity index (χ1) is 9.11. The molecule has 0 aliphatic heterocycles. The Morgan fingerprint density at radius 1 is 1.11 bits per heavy atom. The number of halogens is 3. The van der Waals surface area contributed by atoms with Gasteiger partial charge in [0.2, 0.25) is 0 Å². The van der Waals surface area contributed by atoms with Crippen molar-refractivity contribution < 1.29 is 4.74 Å². The molecule has 0 aliphatic carbocycles. The minimum atomic E-state index is 0.510. The second kappa shape index (κ2) is 6.62. The molecule has 1 N–H and O–H groups in total. The van der Waals surface area contributed by atoms with Gasteiger partial charge in [-0.05, 0) is 35.1 Å². The largest absolute Gasteiger partial charge is 0.455 e. The van der Waals surface area contributed by atoms with Crippen molar-refractivity contribution in [2.45, 2.75) is 6.54 Å². The highest BCUT2D eigenvalue weighted by Gasteiger charge is 2.10. The monoisotopic (exact) mass is 359 g/mol. The van der Waals surface area contributed by atoms with E-state index in [2.05, 4.69) is 21.2 Å². The number of benzene rings is 2. The van der Waals surface area contributed by atoms with Gasteiger partial charge in [0, 0.05) is 22.6 Å². The van der Waals surface area contributed by atoms with Crippen molar-refractivity contribution in [2.75, 3.05) is 7.05 Å². The summed E-state index contributed by atoms with van der Waals surface area (Å²) in [6.07, 6.45) is 0. The summed E-state index contributed by atoms with van der Waals surface area (Å²) < 4.78 is 6.60. The molecule has 0 amide bonds. The molecule has 2 aromatic rings. The molecule has 2 aromatic carbocycles. The van der Waals surface area contributed by atoms with Gasteiger partial charge in [0.15, 0.2) is 0 Å². The minimum absolute atomic E-state index is 0.510. The van der Waals surface area contributed by atoms with Gasteiger partial charge in [-0.3, -0.25) is 0 Å². The number of rotatable bonds is 4. The Morgan fingerprint density at radius 2 is 1.84 bits per heavy atom. The van der Waals surface area contributed by atoms with Crippen molar-refractivity contribution in [3.8, 4) is 11.5 Å². The molecule has 0 radical (unpaired) electrons. The lowest BCUT2D eigenvalue weighted by atomic mass is 10.2. The average molecular weight is 361 g/mol. The summed E-state index contributed by atoms with van der Waals surface area (Å²) in [5.74, 6) is 1.30. The van der Waals surface area contributed by atoms with E-state index in [0.29, 0.717) is 15.8 Å². The van der Waals surface area contributed by atoms with Crippen molar-refractivity contribution in [3.05, 3.63) is 56.5 Å². The molecule has 0 fully saturated rings. The van der Waals surface area contributed by atoms with Crippen LogP contribution in [-0.2, 0) is 6.54 Å². The van der Waals surface area contributed by atoms with Crippen molar-refractivity contribution in [2.24, 2.45) is 0 Å². The van der Waals surface area contributed by atoms with Crippen LogP contribution in [-0.4, -0.2) is 7.05 Å². The van der Waals surface area contributed by atoms with Crippen LogP contribution in [0.2, 0.25) is 10.0 Å². The summed E-state index contributed by atoms with van der Waals surface area (Å²) in [5, 5.41) is 4.17. The van der Waals surface area contributed by atoms with Gasteiger partial charge in [0.1, 0.15) is 11.5 Å². The third-order valence-corrected chi connectivity index (χ3v) is 4.03. The van der Waals surface area contributed by atoms with E-state index in [1.54, 1.807) is 12.1 Å². The van der Waals surface area contributed by atoms with Gasteiger partial charge in [0.25, 0.3) is 0 Å². The summed E-state index contributed by atoms with van der Waals surface area (Å²) in [6, 6.07) is 11.2. The van der Waals surface area contributed by atoms with E-state index in [4.69, 9.17) is 27.9 Å². The zero-order chi connectivity index (χ0) is 13.8. The Balaban J connectivity index is 2.33. The van der Waals surface area contributed by atoms with Gasteiger partial charge in [0.05, 0.1) is 10.0 Å². The maximum atomic E-state index is 6.15. The highest BCUT2D eigenvalue weighted by atomic mass is 79.9. The van der Waals surface area contributed by atoms with E-state index in [9.17, 15) is 0 Å². The molecule has 0 aromatic heterocycles. The topological polar surface area (TPSA) is 21.3 Å². The second-order valence-electron chi connectivity index (χ2n) is 3.94. The molecule has 0 spiro atoms. The third kappa shape index (κ3) is 3.63. The molecule has 0 saturated carbocycles. The van der Waals surface area contributed by atoms with Crippen LogP contribution in [0.25, 0.3) is 0 Å². The molecule has 2 nitrogen and oxygen atoms in total. The van der Waals surface area contributed by atoms with Gasteiger partial charge in [-0.15, -0.1) is 0 Å². The fraction of sp³-hybridized carbons (Fsp3) is 0.143. The van der Waals surface area contributed by atoms with Crippen molar-refractivity contribution in [1.29, 1.82) is 0 Å². The molecule has 0 aliphatic rings. The lowest BCUT2D eigenvalue weighted by molar-refractivity contribution is 0.474. The lowest BCUT2D eigenvalue weighted by Gasteiger charge is -2.12. The Kier molecular flexibility index (Phi) is 5.11. The Labute approximate surface area is 130 Å². The fourth-order valence-corrected chi connectivity index (χ4v) is 2.47. The summed E-state index contributed by atoms with van der Waals surface area (Å²) in [6.45, 7) is 0.720. The molecular weight excluding hydrogens is 349 g/mol. The smallest absolute Gasteiger partial charge is 0.147 e. The van der Waals surface area contributed by atoms with Crippen LogP contribution in [0.1, 0.15) is 5.56 Å². The molecule has 0 atom stereocenters. The van der Waals surface area contributed by atoms with Crippen molar-refractivity contribution in [3.63, 3.8) is 0 Å². The highest BCUT2D eigenvalue weighted by Crippen LogP contribution is 2.37.